The fourth-order valence-corrected chi connectivity index (χ4v) is 5.06. The maximum Gasteiger partial charge on any atom is 0.330 e. The molecule has 204 valence electrons. The lowest BCUT2D eigenvalue weighted by Crippen LogP contribution is -2.53. The molecule has 0 saturated heterocycles. The molecule has 1 aliphatic heterocycles. The highest BCUT2D eigenvalue weighted by Crippen LogP contribution is 2.46. The van der Waals surface area contributed by atoms with Gasteiger partial charge in [-0.15, -0.1) is 0 Å². The Morgan fingerprint density at radius 3 is 2.59 bits per heavy atom. The topological polar surface area (TPSA) is 145 Å². The molecule has 3 amide bonds. The number of hydrogen-bond acceptors (Lipinski definition) is 7. The van der Waals surface area contributed by atoms with Gasteiger partial charge in [-0.1, -0.05) is 18.2 Å². The second kappa shape index (κ2) is 10.9. The van der Waals surface area contributed by atoms with E-state index >= 15 is 0 Å². The van der Waals surface area contributed by atoms with E-state index in [0.717, 1.165) is 11.8 Å². The van der Waals surface area contributed by atoms with Gasteiger partial charge in [0, 0.05) is 36.8 Å². The van der Waals surface area contributed by atoms with Crippen molar-refractivity contribution in [2.45, 2.75) is 38.3 Å². The van der Waals surface area contributed by atoms with Gasteiger partial charge in [0.15, 0.2) is 11.6 Å². The van der Waals surface area contributed by atoms with Crippen molar-refractivity contribution in [2.75, 3.05) is 31.6 Å². The number of carbonyl (C=O) groups is 3. The van der Waals surface area contributed by atoms with Crippen LogP contribution in [0.4, 0.5) is 14.9 Å². The summed E-state index contributed by atoms with van der Waals surface area (Å²) in [5.74, 6) is -3.26. The number of hydrogen-bond donors (Lipinski definition) is 3. The molecular formula is C28H29FN4O6. The minimum absolute atomic E-state index is 0.00807. The highest BCUT2D eigenvalue weighted by molar-refractivity contribution is 6.09. The fraction of sp³-hybridized carbons (Fsp3) is 0.357. The van der Waals surface area contributed by atoms with Crippen molar-refractivity contribution >= 4 is 23.4 Å². The molecule has 0 aromatic heterocycles. The van der Waals surface area contributed by atoms with E-state index in [9.17, 15) is 39.4 Å². The molecule has 2 aromatic rings. The number of ketones is 1. The summed E-state index contributed by atoms with van der Waals surface area (Å²) in [6.45, 7) is -0.465. The lowest BCUT2D eigenvalue weighted by Gasteiger charge is -2.43. The molecule has 2 aliphatic rings. The van der Waals surface area contributed by atoms with Crippen molar-refractivity contribution in [1.82, 2.24) is 9.80 Å². The first-order valence-corrected chi connectivity index (χ1v) is 12.4. The second-order valence-electron chi connectivity index (χ2n) is 9.71. The maximum atomic E-state index is 14.2. The Hall–Kier alpha value is -4.11. The number of carbonyl (C=O) groups excluding carboxylic acids is 3. The van der Waals surface area contributed by atoms with Crippen LogP contribution in [0.2, 0.25) is 0 Å². The van der Waals surface area contributed by atoms with Gasteiger partial charge in [0.1, 0.15) is 13.2 Å². The minimum Gasteiger partial charge on any atom is -0.395 e. The molecule has 4 rings (SSSR count). The number of amides is 3. The van der Waals surface area contributed by atoms with Gasteiger partial charge < -0.3 is 25.1 Å². The van der Waals surface area contributed by atoms with Crippen molar-refractivity contribution in [3.05, 3.63) is 76.0 Å². The number of urea groups is 1. The number of nitriles is 1. The lowest BCUT2D eigenvalue weighted by molar-refractivity contribution is -0.153. The number of aliphatic hydroxyl groups is 3. The van der Waals surface area contributed by atoms with Gasteiger partial charge in [-0.05, 0) is 48.7 Å². The monoisotopic (exact) mass is 536 g/mol. The lowest BCUT2D eigenvalue weighted by atomic mass is 9.86. The van der Waals surface area contributed by atoms with Gasteiger partial charge in [-0.2, -0.15) is 5.26 Å². The van der Waals surface area contributed by atoms with Crippen LogP contribution in [0.3, 0.4) is 0 Å². The van der Waals surface area contributed by atoms with E-state index < -0.39 is 37.0 Å². The summed E-state index contributed by atoms with van der Waals surface area (Å²) in [6, 6.07) is 10.5. The second-order valence-corrected chi connectivity index (χ2v) is 9.71. The number of benzene rings is 2. The first kappa shape index (κ1) is 27.9. The van der Waals surface area contributed by atoms with Crippen LogP contribution in [0.5, 0.6) is 0 Å². The van der Waals surface area contributed by atoms with Gasteiger partial charge in [0.25, 0.3) is 0 Å². The van der Waals surface area contributed by atoms with Gasteiger partial charge >= 0.3 is 6.03 Å². The third-order valence-electron chi connectivity index (χ3n) is 6.97. The third kappa shape index (κ3) is 5.27. The molecule has 0 spiro atoms. The van der Waals surface area contributed by atoms with E-state index in [1.165, 1.54) is 41.1 Å². The zero-order chi connectivity index (χ0) is 28.5. The number of nitrogens with zero attached hydrogens (tertiary/aromatic N) is 4. The molecule has 0 radical (unpaired) electrons. The van der Waals surface area contributed by atoms with Crippen LogP contribution in [0.1, 0.15) is 48.1 Å². The van der Waals surface area contributed by atoms with Crippen molar-refractivity contribution in [3.8, 4) is 6.07 Å². The first-order valence-electron chi connectivity index (χ1n) is 12.4. The summed E-state index contributed by atoms with van der Waals surface area (Å²) in [4.78, 5) is 44.4. The molecule has 11 heteroatoms. The Morgan fingerprint density at radius 1 is 1.21 bits per heavy atom. The number of likely N-dealkylation sites (N-methyl/N-ethyl adjacent to an activating group) is 1. The number of Topliss-reactive ketones (excluding diaryl/α,β-unsaturated/α-hetero) is 1. The maximum absolute atomic E-state index is 14.2. The zero-order valence-corrected chi connectivity index (χ0v) is 21.6. The largest absolute Gasteiger partial charge is 0.395 e. The summed E-state index contributed by atoms with van der Waals surface area (Å²) < 4.78 is 13.5. The molecule has 0 fully saturated rings. The Kier molecular flexibility index (Phi) is 7.83. The van der Waals surface area contributed by atoms with Gasteiger partial charge in [0.2, 0.25) is 5.91 Å². The summed E-state index contributed by atoms with van der Waals surface area (Å²) in [5, 5.41) is 39.9. The predicted molar refractivity (Wildman–Crippen MR) is 138 cm³/mol. The van der Waals surface area contributed by atoms with Crippen LogP contribution < -0.4 is 4.90 Å². The van der Waals surface area contributed by atoms with Gasteiger partial charge in [-0.25, -0.2) is 9.18 Å². The fourth-order valence-electron chi connectivity index (χ4n) is 5.06. The van der Waals surface area contributed by atoms with Crippen LogP contribution in [0.25, 0.3) is 0 Å². The normalized spacial score (nSPS) is 17.4. The molecule has 0 bridgehead atoms. The average molecular weight is 537 g/mol. The van der Waals surface area contributed by atoms with Crippen LogP contribution in [-0.4, -0.2) is 69.6 Å². The first-order chi connectivity index (χ1) is 18.5. The highest BCUT2D eigenvalue weighted by Gasteiger charge is 2.48. The molecule has 3 N–H and O–H groups in total. The molecule has 1 aliphatic carbocycles. The standard InChI is InChI=1S/C28H29FN4O6/c1-28(38,39)21-13-18(15-30)6-7-20(21)26-25-22(8-9-23(25)35)33(19-5-3-4-17(12-19)14-29)27(37)32(26)16-24(36)31(2)10-11-34/h3-7,12-13,26,34,38-39H,8-11,14,16H2,1-2H3. The Labute approximate surface area is 224 Å². The van der Waals surface area contributed by atoms with Crippen LogP contribution in [0.15, 0.2) is 53.7 Å². The van der Waals surface area contributed by atoms with E-state index in [2.05, 4.69) is 0 Å². The Morgan fingerprint density at radius 2 is 1.95 bits per heavy atom. The van der Waals surface area contributed by atoms with E-state index in [-0.39, 0.29) is 54.0 Å². The van der Waals surface area contributed by atoms with E-state index in [4.69, 9.17) is 0 Å². The van der Waals surface area contributed by atoms with Crippen LogP contribution in [-0.2, 0) is 22.1 Å². The molecule has 1 unspecified atom stereocenters. The SMILES string of the molecule is CN(CCO)C(=O)CN1C(=O)N(c2cccc(CF)c2)C2=C(C(=O)CC2)C1c1ccc(C#N)cc1C(C)(O)O. The third-order valence-corrected chi connectivity index (χ3v) is 6.97. The van der Waals surface area contributed by atoms with Crippen molar-refractivity contribution in [3.63, 3.8) is 0 Å². The number of anilines is 1. The van der Waals surface area contributed by atoms with Crippen molar-refractivity contribution in [2.24, 2.45) is 0 Å². The van der Waals surface area contributed by atoms with Gasteiger partial charge in [0.05, 0.1) is 30.0 Å². The minimum atomic E-state index is -2.44. The van der Waals surface area contributed by atoms with Crippen molar-refractivity contribution < 1.29 is 34.1 Å². The Bertz CT molecular complexity index is 1390. The summed E-state index contributed by atoms with van der Waals surface area (Å²) >= 11 is 0. The number of halogens is 1. The highest BCUT2D eigenvalue weighted by atomic mass is 19.1. The molecule has 0 saturated carbocycles. The zero-order valence-electron chi connectivity index (χ0n) is 21.6. The smallest absolute Gasteiger partial charge is 0.330 e. The number of allylic oxidation sites excluding steroid dienone is 1. The Balaban J connectivity index is 1.97. The average Bonchev–Trinajstić information content (AvgIpc) is 3.28. The molecule has 39 heavy (non-hydrogen) atoms. The molecular weight excluding hydrogens is 507 g/mol. The van der Waals surface area contributed by atoms with E-state index in [1.54, 1.807) is 18.2 Å². The predicted octanol–water partition coefficient (Wildman–Crippen LogP) is 2.24. The van der Waals surface area contributed by atoms with Crippen LogP contribution in [0, 0.1) is 11.3 Å². The summed E-state index contributed by atoms with van der Waals surface area (Å²) in [5.41, 5.74) is 1.44. The number of aliphatic hydroxyl groups excluding tert-OH is 1. The number of alkyl halides is 1. The van der Waals surface area contributed by atoms with Crippen LogP contribution >= 0.6 is 0 Å². The molecule has 2 aromatic carbocycles. The quantitative estimate of drug-likeness (QED) is 0.439. The summed E-state index contributed by atoms with van der Waals surface area (Å²) in [7, 11) is 1.46. The number of rotatable bonds is 8. The molecule has 10 nitrogen and oxygen atoms in total. The molecule has 1 atom stereocenters. The van der Waals surface area contributed by atoms with E-state index in [1.807, 2.05) is 6.07 Å². The molecule has 1 heterocycles. The van der Waals surface area contributed by atoms with Gasteiger partial charge in [-0.3, -0.25) is 14.5 Å². The summed E-state index contributed by atoms with van der Waals surface area (Å²) in [6.07, 6.45) is 0.296. The van der Waals surface area contributed by atoms with Crippen molar-refractivity contribution in [1.29, 1.82) is 5.26 Å². The van der Waals surface area contributed by atoms with E-state index in [0.29, 0.717) is 16.9 Å².